The maximum atomic E-state index is 10.8. The normalized spacial score (nSPS) is 14.9. The van der Waals surface area contributed by atoms with E-state index in [1.807, 2.05) is 0 Å². The van der Waals surface area contributed by atoms with E-state index in [4.69, 9.17) is 4.74 Å². The summed E-state index contributed by atoms with van der Waals surface area (Å²) in [6.45, 7) is 7.20. The molecule has 0 spiro atoms. The van der Waals surface area contributed by atoms with E-state index in [-0.39, 0.29) is 12.4 Å². The van der Waals surface area contributed by atoms with Crippen LogP contribution in [-0.4, -0.2) is 23.3 Å². The van der Waals surface area contributed by atoms with Gasteiger partial charge in [0, 0.05) is 6.42 Å². The quantitative estimate of drug-likeness (QED) is 0.501. The standard InChI is InChI=1S/C9H16O3/c1-4-9(3,11)7-6-8(10)12-5-2/h4,11H,1,5-7H2,2-3H3. The van der Waals surface area contributed by atoms with Gasteiger partial charge in [0.1, 0.15) is 0 Å². The van der Waals surface area contributed by atoms with Crippen LogP contribution in [0.2, 0.25) is 0 Å². The largest absolute Gasteiger partial charge is 0.466 e. The van der Waals surface area contributed by atoms with Crippen molar-refractivity contribution in [3.8, 4) is 0 Å². The van der Waals surface area contributed by atoms with Gasteiger partial charge in [-0.25, -0.2) is 0 Å². The molecular formula is C9H16O3. The minimum atomic E-state index is -0.966. The summed E-state index contributed by atoms with van der Waals surface area (Å²) >= 11 is 0. The van der Waals surface area contributed by atoms with Crippen LogP contribution in [0.1, 0.15) is 26.7 Å². The summed E-state index contributed by atoms with van der Waals surface area (Å²) in [6, 6.07) is 0. The van der Waals surface area contributed by atoms with E-state index in [0.717, 1.165) is 0 Å². The molecule has 0 amide bonds. The fourth-order valence-electron chi connectivity index (χ4n) is 0.690. The van der Waals surface area contributed by atoms with Crippen molar-refractivity contribution in [2.75, 3.05) is 6.61 Å². The van der Waals surface area contributed by atoms with Gasteiger partial charge in [-0.05, 0) is 20.3 Å². The minimum absolute atomic E-state index is 0.229. The molecule has 1 atom stereocenters. The molecule has 0 saturated heterocycles. The lowest BCUT2D eigenvalue weighted by atomic mass is 10.0. The van der Waals surface area contributed by atoms with E-state index in [1.54, 1.807) is 13.8 Å². The number of rotatable bonds is 5. The lowest BCUT2D eigenvalue weighted by Crippen LogP contribution is -2.22. The van der Waals surface area contributed by atoms with E-state index in [1.165, 1.54) is 6.08 Å². The van der Waals surface area contributed by atoms with Crippen molar-refractivity contribution in [2.45, 2.75) is 32.3 Å². The third kappa shape index (κ3) is 4.91. The molecule has 70 valence electrons. The highest BCUT2D eigenvalue weighted by Gasteiger charge is 2.17. The molecule has 0 bridgehead atoms. The SMILES string of the molecule is C=CC(C)(O)CCC(=O)OCC. The van der Waals surface area contributed by atoms with Gasteiger partial charge >= 0.3 is 5.97 Å². The van der Waals surface area contributed by atoms with Crippen LogP contribution in [0.3, 0.4) is 0 Å². The van der Waals surface area contributed by atoms with Crippen LogP contribution in [0, 0.1) is 0 Å². The minimum Gasteiger partial charge on any atom is -0.466 e. The average molecular weight is 172 g/mol. The highest BCUT2D eigenvalue weighted by molar-refractivity contribution is 5.69. The van der Waals surface area contributed by atoms with Crippen molar-refractivity contribution in [3.63, 3.8) is 0 Å². The molecule has 0 rings (SSSR count). The lowest BCUT2D eigenvalue weighted by Gasteiger charge is -2.16. The van der Waals surface area contributed by atoms with E-state index in [2.05, 4.69) is 6.58 Å². The van der Waals surface area contributed by atoms with Crippen molar-refractivity contribution < 1.29 is 14.6 Å². The number of aliphatic hydroxyl groups is 1. The molecule has 0 saturated carbocycles. The first-order valence-corrected chi connectivity index (χ1v) is 4.03. The van der Waals surface area contributed by atoms with Crippen molar-refractivity contribution in [1.29, 1.82) is 0 Å². The molecule has 0 aliphatic carbocycles. The predicted molar refractivity (Wildman–Crippen MR) is 46.7 cm³/mol. The monoisotopic (exact) mass is 172 g/mol. The number of ether oxygens (including phenoxy) is 1. The zero-order valence-electron chi connectivity index (χ0n) is 7.67. The summed E-state index contributed by atoms with van der Waals surface area (Å²) in [7, 11) is 0. The zero-order chi connectivity index (χ0) is 9.61. The summed E-state index contributed by atoms with van der Waals surface area (Å²) in [5.41, 5.74) is -0.966. The van der Waals surface area contributed by atoms with Crippen LogP contribution in [-0.2, 0) is 9.53 Å². The number of hydrogen-bond donors (Lipinski definition) is 1. The second-order valence-corrected chi connectivity index (χ2v) is 2.87. The van der Waals surface area contributed by atoms with Gasteiger partial charge in [0.2, 0.25) is 0 Å². The van der Waals surface area contributed by atoms with Gasteiger partial charge in [-0.1, -0.05) is 6.08 Å². The summed E-state index contributed by atoms with van der Waals surface area (Å²) in [6.07, 6.45) is 2.01. The van der Waals surface area contributed by atoms with Gasteiger partial charge < -0.3 is 9.84 Å². The summed E-state index contributed by atoms with van der Waals surface area (Å²) in [5, 5.41) is 9.41. The fraction of sp³-hybridized carbons (Fsp3) is 0.667. The van der Waals surface area contributed by atoms with Crippen LogP contribution in [0.15, 0.2) is 12.7 Å². The lowest BCUT2D eigenvalue weighted by molar-refractivity contribution is -0.144. The highest BCUT2D eigenvalue weighted by atomic mass is 16.5. The van der Waals surface area contributed by atoms with Crippen molar-refractivity contribution in [3.05, 3.63) is 12.7 Å². The average Bonchev–Trinajstić information content (AvgIpc) is 2.02. The zero-order valence-corrected chi connectivity index (χ0v) is 7.67. The molecule has 0 aliphatic rings. The Hall–Kier alpha value is -0.830. The molecule has 0 aromatic rings. The Kier molecular flexibility index (Phi) is 4.59. The number of carbonyl (C=O) groups is 1. The maximum Gasteiger partial charge on any atom is 0.305 e. The molecule has 0 aliphatic heterocycles. The van der Waals surface area contributed by atoms with Gasteiger partial charge in [-0.3, -0.25) is 4.79 Å². The van der Waals surface area contributed by atoms with Gasteiger partial charge in [0.15, 0.2) is 0 Å². The number of esters is 1. The molecular weight excluding hydrogens is 156 g/mol. The molecule has 1 unspecified atom stereocenters. The Labute approximate surface area is 73.0 Å². The molecule has 1 N–H and O–H groups in total. The van der Waals surface area contributed by atoms with Crippen molar-refractivity contribution in [2.24, 2.45) is 0 Å². The van der Waals surface area contributed by atoms with Crippen LogP contribution >= 0.6 is 0 Å². The Morgan fingerprint density at radius 3 is 2.75 bits per heavy atom. The fourth-order valence-corrected chi connectivity index (χ4v) is 0.690. The molecule has 0 aromatic heterocycles. The third-order valence-corrected chi connectivity index (χ3v) is 1.58. The molecule has 0 aromatic carbocycles. The van der Waals surface area contributed by atoms with Crippen molar-refractivity contribution >= 4 is 5.97 Å². The van der Waals surface area contributed by atoms with Gasteiger partial charge in [0.25, 0.3) is 0 Å². The van der Waals surface area contributed by atoms with E-state index < -0.39 is 5.60 Å². The van der Waals surface area contributed by atoms with Gasteiger partial charge in [0.05, 0.1) is 12.2 Å². The Bertz CT molecular complexity index is 161. The second kappa shape index (κ2) is 4.93. The molecule has 0 heterocycles. The summed E-state index contributed by atoms with van der Waals surface area (Å²) in [4.78, 5) is 10.8. The Morgan fingerprint density at radius 2 is 2.33 bits per heavy atom. The molecule has 0 fully saturated rings. The molecule has 12 heavy (non-hydrogen) atoms. The Morgan fingerprint density at radius 1 is 1.75 bits per heavy atom. The van der Waals surface area contributed by atoms with Gasteiger partial charge in [-0.15, -0.1) is 6.58 Å². The van der Waals surface area contributed by atoms with E-state index in [0.29, 0.717) is 13.0 Å². The molecule has 3 heteroatoms. The van der Waals surface area contributed by atoms with Crippen LogP contribution in [0.25, 0.3) is 0 Å². The summed E-state index contributed by atoms with van der Waals surface area (Å²) < 4.78 is 4.70. The van der Waals surface area contributed by atoms with Crippen LogP contribution in [0.4, 0.5) is 0 Å². The topological polar surface area (TPSA) is 46.5 Å². The van der Waals surface area contributed by atoms with E-state index >= 15 is 0 Å². The van der Waals surface area contributed by atoms with Crippen LogP contribution in [0.5, 0.6) is 0 Å². The summed E-state index contributed by atoms with van der Waals surface area (Å²) in [5.74, 6) is -0.278. The Balaban J connectivity index is 3.67. The molecule has 0 radical (unpaired) electrons. The third-order valence-electron chi connectivity index (χ3n) is 1.58. The van der Waals surface area contributed by atoms with E-state index in [9.17, 15) is 9.90 Å². The smallest absolute Gasteiger partial charge is 0.305 e. The second-order valence-electron chi connectivity index (χ2n) is 2.87. The number of carbonyl (C=O) groups excluding carboxylic acids is 1. The first-order chi connectivity index (χ1) is 5.52. The number of hydrogen-bond acceptors (Lipinski definition) is 3. The van der Waals surface area contributed by atoms with Gasteiger partial charge in [-0.2, -0.15) is 0 Å². The predicted octanol–water partition coefficient (Wildman–Crippen LogP) is 1.27. The maximum absolute atomic E-state index is 10.8. The van der Waals surface area contributed by atoms with Crippen molar-refractivity contribution in [1.82, 2.24) is 0 Å². The first-order valence-electron chi connectivity index (χ1n) is 4.03. The molecule has 3 nitrogen and oxygen atoms in total. The first kappa shape index (κ1) is 11.2. The highest BCUT2D eigenvalue weighted by Crippen LogP contribution is 2.12. The van der Waals surface area contributed by atoms with Crippen LogP contribution < -0.4 is 0 Å².